The zero-order valence-corrected chi connectivity index (χ0v) is 11.4. The average molecular weight is 262 g/mol. The van der Waals surface area contributed by atoms with Gasteiger partial charge in [0.05, 0.1) is 13.2 Å². The lowest BCUT2D eigenvalue weighted by Gasteiger charge is -2.23. The van der Waals surface area contributed by atoms with Gasteiger partial charge in [0, 0.05) is 6.08 Å². The number of rotatable bonds is 6. The summed E-state index contributed by atoms with van der Waals surface area (Å²) in [6, 6.07) is 0. The SMILES string of the molecule is CCCCOC(=O)C1=CC(C)O[P+]1([O-])OCC. The molecule has 2 atom stereocenters. The third-order valence-electron chi connectivity index (χ3n) is 2.23. The molecule has 0 bridgehead atoms. The lowest BCUT2D eigenvalue weighted by Crippen LogP contribution is -2.20. The molecule has 6 heteroatoms. The van der Waals surface area contributed by atoms with Gasteiger partial charge in [-0.15, -0.1) is 0 Å². The predicted molar refractivity (Wildman–Crippen MR) is 63.0 cm³/mol. The van der Waals surface area contributed by atoms with E-state index in [1.807, 2.05) is 6.92 Å². The van der Waals surface area contributed by atoms with Crippen molar-refractivity contribution < 1.29 is 23.5 Å². The molecule has 1 heterocycles. The standard InChI is InChI=1S/C11H19O5P/c1-4-6-7-14-11(12)10-8-9(3)16-17(10,13)15-5-2/h8-9H,4-7H2,1-3H3. The molecule has 0 spiro atoms. The number of hydrogen-bond donors (Lipinski definition) is 0. The monoisotopic (exact) mass is 262 g/mol. The van der Waals surface area contributed by atoms with Gasteiger partial charge in [-0.1, -0.05) is 13.3 Å². The van der Waals surface area contributed by atoms with Crippen LogP contribution in [0, 0.1) is 0 Å². The van der Waals surface area contributed by atoms with Crippen LogP contribution in [0.2, 0.25) is 0 Å². The summed E-state index contributed by atoms with van der Waals surface area (Å²) in [5.41, 5.74) is 0. The first kappa shape index (κ1) is 14.6. The van der Waals surface area contributed by atoms with Gasteiger partial charge >= 0.3 is 5.97 Å². The Morgan fingerprint density at radius 2 is 2.29 bits per heavy atom. The highest BCUT2D eigenvalue weighted by Crippen LogP contribution is 2.64. The molecule has 1 aliphatic heterocycles. The Kier molecular flexibility index (Phi) is 5.53. The third-order valence-corrected chi connectivity index (χ3v) is 4.36. The summed E-state index contributed by atoms with van der Waals surface area (Å²) >= 11 is 0. The number of esters is 1. The summed E-state index contributed by atoms with van der Waals surface area (Å²) in [7, 11) is -3.45. The van der Waals surface area contributed by atoms with E-state index in [0.29, 0.717) is 6.61 Å². The maximum absolute atomic E-state index is 12.2. The molecule has 98 valence electrons. The van der Waals surface area contributed by atoms with Crippen LogP contribution in [-0.2, 0) is 18.6 Å². The van der Waals surface area contributed by atoms with Crippen LogP contribution in [0.4, 0.5) is 0 Å². The number of unbranched alkanes of at least 4 members (excludes halogenated alkanes) is 1. The minimum atomic E-state index is -3.45. The van der Waals surface area contributed by atoms with E-state index in [4.69, 9.17) is 13.8 Å². The van der Waals surface area contributed by atoms with E-state index in [1.165, 1.54) is 6.08 Å². The highest BCUT2D eigenvalue weighted by atomic mass is 31.2. The molecular formula is C11H19O5P. The van der Waals surface area contributed by atoms with Crippen molar-refractivity contribution in [2.75, 3.05) is 13.2 Å². The number of ether oxygens (including phenoxy) is 1. The molecule has 5 nitrogen and oxygen atoms in total. The van der Waals surface area contributed by atoms with Crippen molar-refractivity contribution in [2.45, 2.75) is 39.7 Å². The summed E-state index contributed by atoms with van der Waals surface area (Å²) in [4.78, 5) is 23.9. The van der Waals surface area contributed by atoms with Crippen LogP contribution in [-0.4, -0.2) is 25.3 Å². The van der Waals surface area contributed by atoms with Gasteiger partial charge in [0.15, 0.2) is 0 Å². The molecule has 0 aromatic rings. The Morgan fingerprint density at radius 1 is 1.59 bits per heavy atom. The fourth-order valence-electron chi connectivity index (χ4n) is 1.45. The molecule has 1 rings (SSSR count). The van der Waals surface area contributed by atoms with Crippen LogP contribution in [0.1, 0.15) is 33.6 Å². The molecule has 0 fully saturated rings. The van der Waals surface area contributed by atoms with Gasteiger partial charge in [-0.3, -0.25) is 0 Å². The Hall–Kier alpha value is -0.480. The largest absolute Gasteiger partial charge is 0.627 e. The van der Waals surface area contributed by atoms with E-state index in [-0.39, 0.29) is 18.0 Å². The van der Waals surface area contributed by atoms with Gasteiger partial charge in [0.2, 0.25) is 5.31 Å². The van der Waals surface area contributed by atoms with Gasteiger partial charge < -0.3 is 9.63 Å². The summed E-state index contributed by atoms with van der Waals surface area (Å²) in [6.45, 7) is 5.96. The second kappa shape index (κ2) is 6.45. The zero-order chi connectivity index (χ0) is 12.9. The molecule has 0 saturated carbocycles. The van der Waals surface area contributed by atoms with Crippen molar-refractivity contribution in [3.8, 4) is 0 Å². The molecule has 0 amide bonds. The second-order valence-electron chi connectivity index (χ2n) is 3.77. The molecule has 17 heavy (non-hydrogen) atoms. The normalized spacial score (nSPS) is 28.0. The quantitative estimate of drug-likeness (QED) is 0.414. The van der Waals surface area contributed by atoms with E-state index in [9.17, 15) is 9.69 Å². The van der Waals surface area contributed by atoms with E-state index in [2.05, 4.69) is 0 Å². The molecule has 0 aromatic carbocycles. The van der Waals surface area contributed by atoms with Crippen LogP contribution in [0.5, 0.6) is 0 Å². The Labute approximate surface area is 102 Å². The fourth-order valence-corrected chi connectivity index (χ4v) is 3.29. The smallest absolute Gasteiger partial charge is 0.378 e. The first-order chi connectivity index (χ1) is 8.03. The molecule has 0 radical (unpaired) electrons. The van der Waals surface area contributed by atoms with Gasteiger partial charge in [-0.25, -0.2) is 9.32 Å². The molecule has 0 aromatic heterocycles. The van der Waals surface area contributed by atoms with Gasteiger partial charge in [-0.2, -0.15) is 4.52 Å². The summed E-state index contributed by atoms with van der Waals surface area (Å²) < 4.78 is 15.3. The minimum Gasteiger partial charge on any atom is -0.627 e. The number of carbonyl (C=O) groups is 1. The zero-order valence-electron chi connectivity index (χ0n) is 10.5. The van der Waals surface area contributed by atoms with Gasteiger partial charge in [-0.05, 0) is 20.3 Å². The third kappa shape index (κ3) is 3.75. The first-order valence-electron chi connectivity index (χ1n) is 5.86. The number of carbonyl (C=O) groups excluding carboxylic acids is 1. The highest BCUT2D eigenvalue weighted by molar-refractivity contribution is 7.65. The minimum absolute atomic E-state index is 0.0305. The molecule has 2 unspecified atom stereocenters. The van der Waals surface area contributed by atoms with Crippen molar-refractivity contribution in [3.63, 3.8) is 0 Å². The van der Waals surface area contributed by atoms with E-state index >= 15 is 0 Å². The lowest BCUT2D eigenvalue weighted by atomic mass is 10.3. The maximum atomic E-state index is 12.2. The van der Waals surface area contributed by atoms with Crippen LogP contribution >= 0.6 is 7.94 Å². The first-order valence-corrected chi connectivity index (χ1v) is 7.40. The van der Waals surface area contributed by atoms with Crippen molar-refractivity contribution in [3.05, 3.63) is 11.4 Å². The lowest BCUT2D eigenvalue weighted by molar-refractivity contribution is -0.215. The topological polar surface area (TPSA) is 67.8 Å². The second-order valence-corrected chi connectivity index (χ2v) is 5.71. The van der Waals surface area contributed by atoms with Crippen LogP contribution < -0.4 is 4.89 Å². The predicted octanol–water partition coefficient (Wildman–Crippen LogP) is 1.79. The molecule has 0 N–H and O–H groups in total. The van der Waals surface area contributed by atoms with E-state index in [0.717, 1.165) is 12.8 Å². The van der Waals surface area contributed by atoms with Crippen molar-refractivity contribution in [1.82, 2.24) is 0 Å². The summed E-state index contributed by atoms with van der Waals surface area (Å²) in [5, 5.41) is 0.0305. The Morgan fingerprint density at radius 3 is 2.88 bits per heavy atom. The van der Waals surface area contributed by atoms with Crippen molar-refractivity contribution in [2.24, 2.45) is 0 Å². The van der Waals surface area contributed by atoms with Crippen molar-refractivity contribution >= 4 is 13.9 Å². The number of hydrogen-bond acceptors (Lipinski definition) is 5. The van der Waals surface area contributed by atoms with E-state index in [1.54, 1.807) is 13.8 Å². The average Bonchev–Trinajstić information content (AvgIpc) is 2.54. The highest BCUT2D eigenvalue weighted by Gasteiger charge is 2.48. The van der Waals surface area contributed by atoms with Crippen LogP contribution in [0.15, 0.2) is 11.4 Å². The van der Waals surface area contributed by atoms with Crippen LogP contribution in [0.25, 0.3) is 0 Å². The molecular weight excluding hydrogens is 243 g/mol. The Bertz CT molecular complexity index is 304. The molecule has 0 saturated heterocycles. The fraction of sp³-hybridized carbons (Fsp3) is 0.727. The van der Waals surface area contributed by atoms with Crippen LogP contribution in [0.3, 0.4) is 0 Å². The van der Waals surface area contributed by atoms with Gasteiger partial charge in [0.25, 0.3) is 7.94 Å². The van der Waals surface area contributed by atoms with E-state index < -0.39 is 13.9 Å². The molecule has 0 aliphatic carbocycles. The molecule has 1 aliphatic rings. The Balaban J connectivity index is 2.65. The maximum Gasteiger partial charge on any atom is 0.378 e. The summed E-state index contributed by atoms with van der Waals surface area (Å²) in [5.74, 6) is -0.598. The van der Waals surface area contributed by atoms with Gasteiger partial charge in [0.1, 0.15) is 6.10 Å². The van der Waals surface area contributed by atoms with Crippen molar-refractivity contribution in [1.29, 1.82) is 0 Å². The summed E-state index contributed by atoms with van der Waals surface area (Å²) in [6.07, 6.45) is 2.84.